The molecule has 1 N–H and O–H groups in total. The smallest absolute Gasteiger partial charge is 0.248 e. The average Bonchev–Trinajstić information content (AvgIpc) is 2.41. The SMILES string of the molecule is O=C(/C=C/c1ccc(Cl)cc1)Nc1ccc(Cl)nc1. The lowest BCUT2D eigenvalue weighted by Gasteiger charge is -2.01. The number of rotatable bonds is 3. The van der Waals surface area contributed by atoms with Crippen molar-refractivity contribution in [2.75, 3.05) is 5.32 Å². The highest BCUT2D eigenvalue weighted by Crippen LogP contribution is 2.12. The number of nitrogens with one attached hydrogen (secondary N) is 1. The van der Waals surface area contributed by atoms with Crippen molar-refractivity contribution in [3.63, 3.8) is 0 Å². The maximum atomic E-state index is 11.7. The number of hydrogen-bond donors (Lipinski definition) is 1. The molecular formula is C14H10Cl2N2O. The third-order valence-corrected chi connectivity index (χ3v) is 2.77. The van der Waals surface area contributed by atoms with Crippen LogP contribution in [0.25, 0.3) is 6.08 Å². The van der Waals surface area contributed by atoms with Gasteiger partial charge in [-0.2, -0.15) is 0 Å². The van der Waals surface area contributed by atoms with Crippen LogP contribution in [0.5, 0.6) is 0 Å². The second kappa shape index (κ2) is 6.36. The molecule has 96 valence electrons. The van der Waals surface area contributed by atoms with Gasteiger partial charge in [0, 0.05) is 11.1 Å². The van der Waals surface area contributed by atoms with Gasteiger partial charge in [-0.3, -0.25) is 4.79 Å². The number of nitrogens with zero attached hydrogens (tertiary/aromatic N) is 1. The van der Waals surface area contributed by atoms with Gasteiger partial charge in [-0.05, 0) is 35.9 Å². The molecule has 2 aromatic rings. The van der Waals surface area contributed by atoms with Crippen molar-refractivity contribution in [2.45, 2.75) is 0 Å². The molecule has 0 aliphatic carbocycles. The Morgan fingerprint density at radius 3 is 2.47 bits per heavy atom. The minimum absolute atomic E-state index is 0.237. The van der Waals surface area contributed by atoms with Gasteiger partial charge in [0.05, 0.1) is 11.9 Å². The predicted molar refractivity (Wildman–Crippen MR) is 78.4 cm³/mol. The molecule has 0 bridgehead atoms. The van der Waals surface area contributed by atoms with Crippen LogP contribution < -0.4 is 5.32 Å². The number of halogens is 2. The summed E-state index contributed by atoms with van der Waals surface area (Å²) in [5.74, 6) is -0.237. The third-order valence-electron chi connectivity index (χ3n) is 2.29. The fourth-order valence-corrected chi connectivity index (χ4v) is 1.62. The lowest BCUT2D eigenvalue weighted by Crippen LogP contribution is -2.07. The number of amides is 1. The second-order valence-corrected chi connectivity index (χ2v) is 4.57. The van der Waals surface area contributed by atoms with Crippen molar-refractivity contribution in [3.8, 4) is 0 Å². The number of hydrogen-bond acceptors (Lipinski definition) is 2. The number of aromatic nitrogens is 1. The van der Waals surface area contributed by atoms with E-state index in [1.54, 1.807) is 30.3 Å². The Kier molecular flexibility index (Phi) is 4.55. The largest absolute Gasteiger partial charge is 0.321 e. The molecular weight excluding hydrogens is 283 g/mol. The highest BCUT2D eigenvalue weighted by molar-refractivity contribution is 6.30. The van der Waals surface area contributed by atoms with Crippen molar-refractivity contribution >= 4 is 40.9 Å². The van der Waals surface area contributed by atoms with Gasteiger partial charge in [0.25, 0.3) is 0 Å². The van der Waals surface area contributed by atoms with Gasteiger partial charge in [0.15, 0.2) is 0 Å². The summed E-state index contributed by atoms with van der Waals surface area (Å²) in [4.78, 5) is 15.5. The fraction of sp³-hybridized carbons (Fsp3) is 0. The summed E-state index contributed by atoms with van der Waals surface area (Å²) in [7, 11) is 0. The number of carbonyl (C=O) groups is 1. The summed E-state index contributed by atoms with van der Waals surface area (Å²) in [6.45, 7) is 0. The first-order valence-electron chi connectivity index (χ1n) is 5.50. The summed E-state index contributed by atoms with van der Waals surface area (Å²) < 4.78 is 0. The summed E-state index contributed by atoms with van der Waals surface area (Å²) >= 11 is 11.4. The quantitative estimate of drug-likeness (QED) is 0.685. The molecule has 1 heterocycles. The highest BCUT2D eigenvalue weighted by Gasteiger charge is 1.98. The summed E-state index contributed by atoms with van der Waals surface area (Å²) in [6, 6.07) is 10.5. The Labute approximate surface area is 120 Å². The molecule has 0 aliphatic heterocycles. The molecule has 5 heteroatoms. The number of pyridine rings is 1. The Balaban J connectivity index is 1.97. The van der Waals surface area contributed by atoms with E-state index in [9.17, 15) is 4.79 Å². The van der Waals surface area contributed by atoms with Crippen molar-refractivity contribution in [2.24, 2.45) is 0 Å². The van der Waals surface area contributed by atoms with Gasteiger partial charge in [0.2, 0.25) is 5.91 Å². The lowest BCUT2D eigenvalue weighted by molar-refractivity contribution is -0.111. The molecule has 1 aromatic heterocycles. The minimum atomic E-state index is -0.237. The van der Waals surface area contributed by atoms with E-state index < -0.39 is 0 Å². The number of anilines is 1. The zero-order chi connectivity index (χ0) is 13.7. The Morgan fingerprint density at radius 2 is 1.84 bits per heavy atom. The molecule has 19 heavy (non-hydrogen) atoms. The molecule has 1 amide bonds. The van der Waals surface area contributed by atoms with Gasteiger partial charge >= 0.3 is 0 Å². The van der Waals surface area contributed by atoms with Crippen LogP contribution >= 0.6 is 23.2 Å². The zero-order valence-electron chi connectivity index (χ0n) is 9.81. The molecule has 2 rings (SSSR count). The molecule has 0 spiro atoms. The molecule has 0 atom stereocenters. The van der Waals surface area contributed by atoms with Crippen molar-refractivity contribution < 1.29 is 4.79 Å². The molecule has 0 fully saturated rings. The summed E-state index contributed by atoms with van der Waals surface area (Å²) in [5.41, 5.74) is 1.49. The zero-order valence-corrected chi connectivity index (χ0v) is 11.3. The molecule has 3 nitrogen and oxygen atoms in total. The van der Waals surface area contributed by atoms with Crippen LogP contribution in [0, 0.1) is 0 Å². The van der Waals surface area contributed by atoms with E-state index in [4.69, 9.17) is 23.2 Å². The standard InChI is InChI=1S/C14H10Cl2N2O/c15-11-4-1-10(2-5-11)3-8-14(19)18-12-6-7-13(16)17-9-12/h1-9H,(H,18,19)/b8-3+. The molecule has 1 aromatic carbocycles. The van der Waals surface area contributed by atoms with Crippen LogP contribution in [-0.4, -0.2) is 10.9 Å². The summed E-state index contributed by atoms with van der Waals surface area (Å²) in [5, 5.41) is 3.72. The topological polar surface area (TPSA) is 42.0 Å². The highest BCUT2D eigenvalue weighted by atomic mass is 35.5. The Hall–Kier alpha value is -1.84. The van der Waals surface area contributed by atoms with E-state index >= 15 is 0 Å². The van der Waals surface area contributed by atoms with E-state index in [1.807, 2.05) is 12.1 Å². The third kappa shape index (κ3) is 4.39. The van der Waals surface area contributed by atoms with Crippen molar-refractivity contribution in [3.05, 3.63) is 64.4 Å². The van der Waals surface area contributed by atoms with Crippen LogP contribution in [0.3, 0.4) is 0 Å². The van der Waals surface area contributed by atoms with E-state index in [0.717, 1.165) is 5.56 Å². The van der Waals surface area contributed by atoms with Gasteiger partial charge in [-0.1, -0.05) is 35.3 Å². The molecule has 0 saturated carbocycles. The van der Waals surface area contributed by atoms with Crippen LogP contribution in [0.1, 0.15) is 5.56 Å². The van der Waals surface area contributed by atoms with Gasteiger partial charge in [-0.15, -0.1) is 0 Å². The first-order valence-corrected chi connectivity index (χ1v) is 6.25. The molecule has 0 aliphatic rings. The normalized spacial score (nSPS) is 10.6. The first-order chi connectivity index (χ1) is 9.13. The van der Waals surface area contributed by atoms with Gasteiger partial charge in [-0.25, -0.2) is 4.98 Å². The Morgan fingerprint density at radius 1 is 1.11 bits per heavy atom. The maximum absolute atomic E-state index is 11.7. The minimum Gasteiger partial charge on any atom is -0.321 e. The van der Waals surface area contributed by atoms with Crippen molar-refractivity contribution in [1.29, 1.82) is 0 Å². The fourth-order valence-electron chi connectivity index (χ4n) is 1.38. The van der Waals surface area contributed by atoms with Crippen molar-refractivity contribution in [1.82, 2.24) is 4.98 Å². The van der Waals surface area contributed by atoms with Crippen LogP contribution in [0.15, 0.2) is 48.7 Å². The van der Waals surface area contributed by atoms with E-state index in [-0.39, 0.29) is 5.91 Å². The lowest BCUT2D eigenvalue weighted by atomic mass is 10.2. The van der Waals surface area contributed by atoms with E-state index in [2.05, 4.69) is 10.3 Å². The monoisotopic (exact) mass is 292 g/mol. The predicted octanol–water partition coefficient (Wildman–Crippen LogP) is 4.04. The molecule has 0 saturated heterocycles. The first kappa shape index (κ1) is 13.6. The summed E-state index contributed by atoms with van der Waals surface area (Å²) in [6.07, 6.45) is 4.64. The van der Waals surface area contributed by atoms with Gasteiger partial charge < -0.3 is 5.32 Å². The van der Waals surface area contributed by atoms with Crippen LogP contribution in [-0.2, 0) is 4.79 Å². The van der Waals surface area contributed by atoms with Gasteiger partial charge in [0.1, 0.15) is 5.15 Å². The van der Waals surface area contributed by atoms with E-state index in [0.29, 0.717) is 15.9 Å². The Bertz CT molecular complexity index is 592. The number of benzene rings is 1. The second-order valence-electron chi connectivity index (χ2n) is 3.74. The molecule has 0 unspecified atom stereocenters. The van der Waals surface area contributed by atoms with Crippen LogP contribution in [0.2, 0.25) is 10.2 Å². The maximum Gasteiger partial charge on any atom is 0.248 e. The van der Waals surface area contributed by atoms with E-state index in [1.165, 1.54) is 12.3 Å². The average molecular weight is 293 g/mol. The van der Waals surface area contributed by atoms with Crippen LogP contribution in [0.4, 0.5) is 5.69 Å². The number of carbonyl (C=O) groups excluding carboxylic acids is 1. The molecule has 0 radical (unpaired) electrons.